The lowest BCUT2D eigenvalue weighted by Crippen LogP contribution is -2.37. The summed E-state index contributed by atoms with van der Waals surface area (Å²) in [6, 6.07) is 11.4. The number of hydrogen-bond donors (Lipinski definition) is 3. The van der Waals surface area contributed by atoms with Crippen molar-refractivity contribution in [3.05, 3.63) is 59.2 Å². The number of nitrogens with two attached hydrogens (primary N) is 1. The number of sulfonamides is 1. The zero-order valence-corrected chi connectivity index (χ0v) is 16.6. The van der Waals surface area contributed by atoms with Crippen molar-refractivity contribution in [3.63, 3.8) is 0 Å². The van der Waals surface area contributed by atoms with Crippen molar-refractivity contribution < 1.29 is 13.2 Å². The molecule has 2 aromatic rings. The number of hydrogen-bond acceptors (Lipinski definition) is 4. The quantitative estimate of drug-likeness (QED) is 0.697. The van der Waals surface area contributed by atoms with Crippen LogP contribution in [0.1, 0.15) is 28.4 Å². The maximum absolute atomic E-state index is 12.6. The summed E-state index contributed by atoms with van der Waals surface area (Å²) in [5.41, 5.74) is 7.85. The van der Waals surface area contributed by atoms with Gasteiger partial charge in [0.2, 0.25) is 0 Å². The molecule has 0 saturated carbocycles. The summed E-state index contributed by atoms with van der Waals surface area (Å²) < 4.78 is 27.7. The number of anilines is 1. The molecule has 1 amide bonds. The van der Waals surface area contributed by atoms with E-state index in [1.54, 1.807) is 43.3 Å². The molecule has 142 valence electrons. The average molecular weight is 398 g/mol. The Balaban J connectivity index is 0.00000338. The van der Waals surface area contributed by atoms with Gasteiger partial charge in [-0.15, -0.1) is 12.4 Å². The van der Waals surface area contributed by atoms with E-state index in [1.807, 2.05) is 19.9 Å². The first-order valence-corrected chi connectivity index (χ1v) is 9.42. The lowest BCUT2D eigenvalue weighted by molar-refractivity contribution is 0.0941. The zero-order valence-electron chi connectivity index (χ0n) is 14.9. The predicted molar refractivity (Wildman–Crippen MR) is 106 cm³/mol. The van der Waals surface area contributed by atoms with Gasteiger partial charge in [-0.3, -0.25) is 9.52 Å². The van der Waals surface area contributed by atoms with E-state index in [4.69, 9.17) is 5.73 Å². The lowest BCUT2D eigenvalue weighted by Gasteiger charge is -2.13. The molecule has 8 heteroatoms. The fourth-order valence-electron chi connectivity index (χ4n) is 2.26. The van der Waals surface area contributed by atoms with Gasteiger partial charge in [-0.05, 0) is 62.2 Å². The lowest BCUT2D eigenvalue weighted by atomic mass is 10.2. The molecule has 0 aliphatic carbocycles. The van der Waals surface area contributed by atoms with Crippen LogP contribution >= 0.6 is 12.4 Å². The van der Waals surface area contributed by atoms with E-state index in [2.05, 4.69) is 10.0 Å². The van der Waals surface area contributed by atoms with E-state index in [1.165, 1.54) is 0 Å². The molecule has 0 radical (unpaired) electrons. The number of carbonyl (C=O) groups is 1. The van der Waals surface area contributed by atoms with E-state index in [0.29, 0.717) is 23.4 Å². The number of benzene rings is 2. The van der Waals surface area contributed by atoms with E-state index >= 15 is 0 Å². The first-order chi connectivity index (χ1) is 11.7. The Kier molecular flexibility index (Phi) is 7.62. The topological polar surface area (TPSA) is 101 Å². The Labute approximate surface area is 160 Å². The van der Waals surface area contributed by atoms with Crippen molar-refractivity contribution in [1.29, 1.82) is 0 Å². The fourth-order valence-corrected chi connectivity index (χ4v) is 3.65. The van der Waals surface area contributed by atoms with Gasteiger partial charge in [-0.1, -0.05) is 12.1 Å². The van der Waals surface area contributed by atoms with Crippen molar-refractivity contribution in [2.45, 2.75) is 31.7 Å². The molecule has 0 aliphatic rings. The smallest absolute Gasteiger partial charge is 0.262 e. The molecule has 2 rings (SSSR count). The van der Waals surface area contributed by atoms with Crippen LogP contribution in [0.25, 0.3) is 0 Å². The van der Waals surface area contributed by atoms with Crippen LogP contribution in [-0.4, -0.2) is 26.9 Å². The monoisotopic (exact) mass is 397 g/mol. The van der Waals surface area contributed by atoms with Gasteiger partial charge in [0.15, 0.2) is 0 Å². The van der Waals surface area contributed by atoms with Gasteiger partial charge in [-0.25, -0.2) is 8.42 Å². The number of rotatable bonds is 6. The Morgan fingerprint density at radius 3 is 2.31 bits per heavy atom. The third-order valence-electron chi connectivity index (χ3n) is 3.76. The Morgan fingerprint density at radius 2 is 1.73 bits per heavy atom. The average Bonchev–Trinajstić information content (AvgIpc) is 2.57. The summed E-state index contributed by atoms with van der Waals surface area (Å²) in [7, 11) is -3.69. The van der Waals surface area contributed by atoms with Gasteiger partial charge in [0.1, 0.15) is 0 Å². The van der Waals surface area contributed by atoms with Gasteiger partial charge in [0.05, 0.1) is 4.90 Å². The van der Waals surface area contributed by atoms with Crippen molar-refractivity contribution in [3.8, 4) is 0 Å². The van der Waals surface area contributed by atoms with Crippen LogP contribution in [0.2, 0.25) is 0 Å². The maximum Gasteiger partial charge on any atom is 0.262 e. The fraction of sp³-hybridized carbons (Fsp3) is 0.278. The molecule has 0 aromatic heterocycles. The van der Waals surface area contributed by atoms with Crippen molar-refractivity contribution >= 4 is 34.0 Å². The second-order valence-corrected chi connectivity index (χ2v) is 7.71. The molecule has 4 N–H and O–H groups in total. The minimum Gasteiger partial charge on any atom is -0.348 e. The third-order valence-corrected chi connectivity index (χ3v) is 5.29. The normalized spacial score (nSPS) is 12.0. The molecule has 26 heavy (non-hydrogen) atoms. The van der Waals surface area contributed by atoms with Crippen LogP contribution < -0.4 is 15.8 Å². The van der Waals surface area contributed by atoms with Crippen LogP contribution in [-0.2, 0) is 10.0 Å². The molecule has 0 heterocycles. The van der Waals surface area contributed by atoms with E-state index in [-0.39, 0.29) is 29.3 Å². The maximum atomic E-state index is 12.6. The van der Waals surface area contributed by atoms with Crippen LogP contribution in [0, 0.1) is 13.8 Å². The summed E-state index contributed by atoms with van der Waals surface area (Å²) in [6.07, 6.45) is 0. The first-order valence-electron chi connectivity index (χ1n) is 7.94. The van der Waals surface area contributed by atoms with Gasteiger partial charge in [0, 0.05) is 23.8 Å². The number of carbonyl (C=O) groups excluding carboxylic acids is 1. The van der Waals surface area contributed by atoms with Crippen LogP contribution in [0.15, 0.2) is 47.4 Å². The molecular formula is C18H24ClN3O3S. The van der Waals surface area contributed by atoms with Crippen molar-refractivity contribution in [1.82, 2.24) is 5.32 Å². The standard InChI is InChI=1S/C18H23N3O3S.ClH/c1-12-4-5-13(2)17(10-12)25(23,24)21-16-8-6-15(7-9-16)18(22)20-14(3)11-19;/h4-10,14,21H,11,19H2,1-3H3,(H,20,22);1H/t14-;/m0./s1. The highest BCUT2D eigenvalue weighted by molar-refractivity contribution is 7.92. The Morgan fingerprint density at radius 1 is 1.12 bits per heavy atom. The summed E-state index contributed by atoms with van der Waals surface area (Å²) in [4.78, 5) is 12.3. The first kappa shape index (κ1) is 22.0. The summed E-state index contributed by atoms with van der Waals surface area (Å²) in [5, 5.41) is 2.75. The largest absolute Gasteiger partial charge is 0.348 e. The van der Waals surface area contributed by atoms with Crippen LogP contribution in [0.4, 0.5) is 5.69 Å². The minimum atomic E-state index is -3.69. The molecule has 0 bridgehead atoms. The highest BCUT2D eigenvalue weighted by Crippen LogP contribution is 2.21. The number of nitrogens with one attached hydrogen (secondary N) is 2. The molecule has 0 saturated heterocycles. The van der Waals surface area contributed by atoms with E-state index < -0.39 is 10.0 Å². The molecule has 2 aromatic carbocycles. The minimum absolute atomic E-state index is 0. The second-order valence-electron chi connectivity index (χ2n) is 6.06. The molecule has 1 atom stereocenters. The summed E-state index contributed by atoms with van der Waals surface area (Å²) in [5.74, 6) is -0.248. The number of halogens is 1. The Bertz CT molecular complexity index is 868. The number of aryl methyl sites for hydroxylation is 2. The zero-order chi connectivity index (χ0) is 18.6. The molecule has 0 aliphatic heterocycles. The van der Waals surface area contributed by atoms with E-state index in [9.17, 15) is 13.2 Å². The van der Waals surface area contributed by atoms with Crippen LogP contribution in [0.3, 0.4) is 0 Å². The van der Waals surface area contributed by atoms with Gasteiger partial charge < -0.3 is 11.1 Å². The molecule has 0 fully saturated rings. The molecule has 6 nitrogen and oxygen atoms in total. The third kappa shape index (κ3) is 5.45. The second kappa shape index (κ2) is 9.02. The molecule has 0 spiro atoms. The van der Waals surface area contributed by atoms with Crippen molar-refractivity contribution in [2.24, 2.45) is 5.73 Å². The van der Waals surface area contributed by atoms with Gasteiger partial charge in [-0.2, -0.15) is 0 Å². The van der Waals surface area contributed by atoms with E-state index in [0.717, 1.165) is 5.56 Å². The van der Waals surface area contributed by atoms with Crippen LogP contribution in [0.5, 0.6) is 0 Å². The van der Waals surface area contributed by atoms with Gasteiger partial charge >= 0.3 is 0 Å². The van der Waals surface area contributed by atoms with Crippen molar-refractivity contribution in [2.75, 3.05) is 11.3 Å². The molecule has 0 unspecified atom stereocenters. The summed E-state index contributed by atoms with van der Waals surface area (Å²) >= 11 is 0. The predicted octanol–water partition coefficient (Wildman–Crippen LogP) is 2.60. The Hall–Kier alpha value is -2.09. The SMILES string of the molecule is Cc1ccc(C)c(S(=O)(=O)Nc2ccc(C(=O)N[C@@H](C)CN)cc2)c1.Cl. The molecular weight excluding hydrogens is 374 g/mol. The highest BCUT2D eigenvalue weighted by Gasteiger charge is 2.17. The highest BCUT2D eigenvalue weighted by atomic mass is 35.5. The summed E-state index contributed by atoms with van der Waals surface area (Å²) in [6.45, 7) is 5.75. The number of amides is 1. The van der Waals surface area contributed by atoms with Gasteiger partial charge in [0.25, 0.3) is 15.9 Å².